The summed E-state index contributed by atoms with van der Waals surface area (Å²) in [5.74, 6) is 0.851. The van der Waals surface area contributed by atoms with Crippen LogP contribution in [0, 0.1) is 5.92 Å². The van der Waals surface area contributed by atoms with E-state index in [1.54, 1.807) is 0 Å². The maximum absolute atomic E-state index is 6.08. The lowest BCUT2D eigenvalue weighted by molar-refractivity contribution is 0.362. The minimum Gasteiger partial charge on any atom is -0.389 e. The highest BCUT2D eigenvalue weighted by molar-refractivity contribution is 7.80. The molecule has 0 amide bonds. The van der Waals surface area contributed by atoms with Crippen molar-refractivity contribution in [1.29, 1.82) is 0 Å². The van der Waals surface area contributed by atoms with Gasteiger partial charge in [-0.3, -0.25) is 0 Å². The Morgan fingerprint density at radius 3 is 2.84 bits per heavy atom. The van der Waals surface area contributed by atoms with E-state index in [0.717, 1.165) is 18.0 Å². The maximum Gasteiger partial charge on any atom is 0.106 e. The van der Waals surface area contributed by atoms with Crippen LogP contribution in [0.1, 0.15) is 37.7 Å². The van der Waals surface area contributed by atoms with E-state index in [4.69, 9.17) is 29.6 Å². The van der Waals surface area contributed by atoms with Gasteiger partial charge >= 0.3 is 0 Å². The third-order valence-electron chi connectivity index (χ3n) is 4.53. The summed E-state index contributed by atoms with van der Waals surface area (Å²) in [5.41, 5.74) is 7.97. The van der Waals surface area contributed by atoms with Gasteiger partial charge in [-0.1, -0.05) is 30.2 Å². The van der Waals surface area contributed by atoms with Crippen LogP contribution in [0.5, 0.6) is 0 Å². The quantitative estimate of drug-likeness (QED) is 0.843. The summed E-state index contributed by atoms with van der Waals surface area (Å²) < 4.78 is 0. The Kier molecular flexibility index (Phi) is 3.68. The highest BCUT2D eigenvalue weighted by Crippen LogP contribution is 2.40. The van der Waals surface area contributed by atoms with Crippen LogP contribution in [0.3, 0.4) is 0 Å². The summed E-state index contributed by atoms with van der Waals surface area (Å²) >= 11 is 11.3. The van der Waals surface area contributed by atoms with Gasteiger partial charge in [0.05, 0.1) is 0 Å². The molecule has 2 aliphatic rings. The zero-order chi connectivity index (χ0) is 13.4. The topological polar surface area (TPSA) is 29.3 Å². The molecule has 2 atom stereocenters. The first-order chi connectivity index (χ1) is 9.16. The van der Waals surface area contributed by atoms with Crippen LogP contribution in [-0.2, 0) is 0 Å². The van der Waals surface area contributed by atoms with Crippen molar-refractivity contribution in [2.45, 2.75) is 38.1 Å². The van der Waals surface area contributed by atoms with E-state index in [-0.39, 0.29) is 0 Å². The van der Waals surface area contributed by atoms with E-state index in [9.17, 15) is 0 Å². The number of nitrogens with two attached hydrogens (primary N) is 1. The molecule has 2 unspecified atom stereocenters. The van der Waals surface area contributed by atoms with Gasteiger partial charge in [-0.05, 0) is 49.8 Å². The molecule has 1 saturated heterocycles. The highest BCUT2D eigenvalue weighted by atomic mass is 35.5. The SMILES string of the molecule is NC(=S)c1cc(Cl)ccc1N1CCCC2CCCC21. The molecule has 1 aromatic rings. The van der Waals surface area contributed by atoms with E-state index in [1.807, 2.05) is 12.1 Å². The van der Waals surface area contributed by atoms with Crippen molar-refractivity contribution in [1.82, 2.24) is 0 Å². The molecule has 1 aliphatic carbocycles. The Hall–Kier alpha value is -0.800. The Morgan fingerprint density at radius 1 is 1.26 bits per heavy atom. The molecule has 19 heavy (non-hydrogen) atoms. The van der Waals surface area contributed by atoms with E-state index in [2.05, 4.69) is 11.0 Å². The first-order valence-electron chi connectivity index (χ1n) is 7.03. The third kappa shape index (κ3) is 2.46. The molecule has 1 aromatic carbocycles. The van der Waals surface area contributed by atoms with Crippen molar-refractivity contribution in [3.63, 3.8) is 0 Å². The summed E-state index contributed by atoms with van der Waals surface area (Å²) in [6.07, 6.45) is 6.65. The molecule has 102 valence electrons. The zero-order valence-corrected chi connectivity index (χ0v) is 12.5. The number of hydrogen-bond donors (Lipinski definition) is 1. The van der Waals surface area contributed by atoms with E-state index >= 15 is 0 Å². The van der Waals surface area contributed by atoms with Crippen LogP contribution >= 0.6 is 23.8 Å². The van der Waals surface area contributed by atoms with Crippen LogP contribution in [0.25, 0.3) is 0 Å². The molecule has 0 radical (unpaired) electrons. The van der Waals surface area contributed by atoms with Crippen LogP contribution in [0.15, 0.2) is 18.2 Å². The molecule has 2 nitrogen and oxygen atoms in total. The van der Waals surface area contributed by atoms with Gasteiger partial charge < -0.3 is 10.6 Å². The summed E-state index contributed by atoms with van der Waals surface area (Å²) in [5, 5.41) is 0.700. The van der Waals surface area contributed by atoms with E-state index in [1.165, 1.54) is 37.8 Å². The predicted molar refractivity (Wildman–Crippen MR) is 85.0 cm³/mol. The molecular weight excluding hydrogens is 276 g/mol. The molecule has 2 N–H and O–H groups in total. The van der Waals surface area contributed by atoms with Crippen molar-refractivity contribution in [2.24, 2.45) is 11.7 Å². The largest absolute Gasteiger partial charge is 0.389 e. The summed E-state index contributed by atoms with van der Waals surface area (Å²) in [7, 11) is 0. The average Bonchev–Trinajstić information content (AvgIpc) is 2.86. The van der Waals surface area contributed by atoms with Gasteiger partial charge in [0.1, 0.15) is 4.99 Å². The van der Waals surface area contributed by atoms with Crippen molar-refractivity contribution in [3.8, 4) is 0 Å². The molecule has 1 aliphatic heterocycles. The van der Waals surface area contributed by atoms with Crippen molar-refractivity contribution >= 4 is 34.5 Å². The normalized spacial score (nSPS) is 26.3. The summed E-state index contributed by atoms with van der Waals surface area (Å²) in [6.45, 7) is 1.11. The maximum atomic E-state index is 6.08. The van der Waals surface area contributed by atoms with Gasteiger partial charge in [-0.2, -0.15) is 0 Å². The van der Waals surface area contributed by atoms with Gasteiger partial charge in [-0.15, -0.1) is 0 Å². The number of fused-ring (bicyclic) bond motifs is 1. The fraction of sp³-hybridized carbons (Fsp3) is 0.533. The molecule has 0 bridgehead atoms. The monoisotopic (exact) mass is 294 g/mol. The number of halogens is 1. The second kappa shape index (κ2) is 5.29. The summed E-state index contributed by atoms with van der Waals surface area (Å²) in [4.78, 5) is 2.96. The lowest BCUT2D eigenvalue weighted by Crippen LogP contribution is -2.43. The van der Waals surface area contributed by atoms with Gasteiger partial charge in [0.15, 0.2) is 0 Å². The number of nitrogens with zero attached hydrogens (tertiary/aromatic N) is 1. The molecule has 2 fully saturated rings. The molecule has 1 heterocycles. The first-order valence-corrected chi connectivity index (χ1v) is 7.81. The van der Waals surface area contributed by atoms with Crippen molar-refractivity contribution in [2.75, 3.05) is 11.4 Å². The molecular formula is C15H19ClN2S. The number of anilines is 1. The van der Waals surface area contributed by atoms with Crippen LogP contribution in [0.2, 0.25) is 5.02 Å². The average molecular weight is 295 g/mol. The molecule has 0 aromatic heterocycles. The Bertz CT molecular complexity index is 503. The fourth-order valence-electron chi connectivity index (χ4n) is 3.71. The fourth-order valence-corrected chi connectivity index (χ4v) is 4.04. The lowest BCUT2D eigenvalue weighted by atomic mass is 9.91. The van der Waals surface area contributed by atoms with Crippen LogP contribution < -0.4 is 10.6 Å². The van der Waals surface area contributed by atoms with Crippen LogP contribution in [-0.4, -0.2) is 17.6 Å². The standard InChI is InChI=1S/C15H19ClN2S/c16-11-6-7-14(12(9-11)15(17)19)18-8-2-4-10-3-1-5-13(10)18/h6-7,9-10,13H,1-5,8H2,(H2,17,19). The second-order valence-electron chi connectivity index (χ2n) is 5.62. The van der Waals surface area contributed by atoms with Crippen LogP contribution in [0.4, 0.5) is 5.69 Å². The molecule has 4 heteroatoms. The Balaban J connectivity index is 1.98. The first kappa shape index (κ1) is 13.2. The predicted octanol–water partition coefficient (Wildman–Crippen LogP) is 3.74. The second-order valence-corrected chi connectivity index (χ2v) is 6.50. The van der Waals surface area contributed by atoms with Gasteiger partial charge in [-0.25, -0.2) is 0 Å². The van der Waals surface area contributed by atoms with E-state index < -0.39 is 0 Å². The van der Waals surface area contributed by atoms with Gasteiger partial charge in [0.25, 0.3) is 0 Å². The molecule has 0 spiro atoms. The van der Waals surface area contributed by atoms with Crippen molar-refractivity contribution in [3.05, 3.63) is 28.8 Å². The van der Waals surface area contributed by atoms with Gasteiger partial charge in [0.2, 0.25) is 0 Å². The summed E-state index contributed by atoms with van der Waals surface area (Å²) in [6, 6.07) is 6.59. The smallest absolute Gasteiger partial charge is 0.106 e. The number of thiocarbonyl (C=S) groups is 1. The zero-order valence-electron chi connectivity index (χ0n) is 10.9. The van der Waals surface area contributed by atoms with Gasteiger partial charge in [0, 0.05) is 28.9 Å². The minimum atomic E-state index is 0.442. The lowest BCUT2D eigenvalue weighted by Gasteiger charge is -2.40. The van der Waals surface area contributed by atoms with Crippen molar-refractivity contribution < 1.29 is 0 Å². The van der Waals surface area contributed by atoms with E-state index in [0.29, 0.717) is 16.1 Å². The number of benzene rings is 1. The molecule has 3 rings (SSSR count). The molecule has 1 saturated carbocycles. The number of piperidine rings is 1. The minimum absolute atomic E-state index is 0.442. The number of hydrogen-bond acceptors (Lipinski definition) is 2. The number of rotatable bonds is 2. The third-order valence-corrected chi connectivity index (χ3v) is 4.98. The Labute approximate surface area is 124 Å². The highest BCUT2D eigenvalue weighted by Gasteiger charge is 2.35. The Morgan fingerprint density at radius 2 is 2.05 bits per heavy atom.